The molecule has 2 rings (SSSR count). The second-order valence-corrected chi connectivity index (χ2v) is 8.11. The van der Waals surface area contributed by atoms with E-state index in [1.54, 1.807) is 6.08 Å². The minimum Gasteiger partial charge on any atom is -0.461 e. The fourth-order valence-corrected chi connectivity index (χ4v) is 3.42. The van der Waals surface area contributed by atoms with E-state index < -0.39 is 35.7 Å². The summed E-state index contributed by atoms with van der Waals surface area (Å²) < 4.78 is 10.3. The number of fused-ring (bicyclic) bond motifs is 1. The number of hydrogen-bond acceptors (Lipinski definition) is 7. The fourth-order valence-electron chi connectivity index (χ4n) is 3.42. The summed E-state index contributed by atoms with van der Waals surface area (Å²) in [6.45, 7) is 6.80. The van der Waals surface area contributed by atoms with E-state index in [0.29, 0.717) is 0 Å². The van der Waals surface area contributed by atoms with E-state index in [-0.39, 0.29) is 18.8 Å². The van der Waals surface area contributed by atoms with Gasteiger partial charge in [0.05, 0.1) is 6.61 Å². The van der Waals surface area contributed by atoms with Crippen molar-refractivity contribution in [2.75, 3.05) is 13.2 Å². The SMILES string of the molecule is CC(=O)OCC1=CC(O)C2(C(O)C=C(C)C=CC=C(C)CCC=C(C)CO)OC2C1=O. The molecule has 0 spiro atoms. The van der Waals surface area contributed by atoms with Crippen LogP contribution in [0.1, 0.15) is 40.5 Å². The first-order chi connectivity index (χ1) is 14.6. The van der Waals surface area contributed by atoms with Gasteiger partial charge in [0, 0.05) is 12.5 Å². The van der Waals surface area contributed by atoms with Gasteiger partial charge in [-0.25, -0.2) is 0 Å². The van der Waals surface area contributed by atoms with Crippen LogP contribution in [0.4, 0.5) is 0 Å². The molecule has 31 heavy (non-hydrogen) atoms. The van der Waals surface area contributed by atoms with Gasteiger partial charge in [-0.3, -0.25) is 9.59 Å². The van der Waals surface area contributed by atoms with Crippen LogP contribution >= 0.6 is 0 Å². The predicted octanol–water partition coefficient (Wildman–Crippen LogP) is 2.09. The number of carbonyl (C=O) groups is 2. The maximum atomic E-state index is 12.4. The Hall–Kier alpha value is -2.32. The number of Topliss-reactive ketones (excluding diaryl/α,β-unsaturated/α-hetero) is 1. The van der Waals surface area contributed by atoms with E-state index in [4.69, 9.17) is 14.6 Å². The zero-order valence-corrected chi connectivity index (χ0v) is 18.5. The normalized spacial score (nSPS) is 27.8. The van der Waals surface area contributed by atoms with E-state index in [1.165, 1.54) is 18.6 Å². The Morgan fingerprint density at radius 2 is 2.00 bits per heavy atom. The molecule has 2 aliphatic rings. The molecule has 0 aromatic heterocycles. The summed E-state index contributed by atoms with van der Waals surface area (Å²) in [7, 11) is 0. The number of carbonyl (C=O) groups excluding carboxylic acids is 2. The number of esters is 1. The van der Waals surface area contributed by atoms with Gasteiger partial charge in [0.2, 0.25) is 0 Å². The molecular weight excluding hydrogens is 400 g/mol. The fraction of sp³-hybridized carbons (Fsp3) is 0.500. The maximum absolute atomic E-state index is 12.4. The Kier molecular flexibility index (Phi) is 8.70. The molecule has 0 bridgehead atoms. The standard InChI is InChI=1S/C24H32O7/c1-15(8-6-10-17(3)13-25)7-5-9-16(2)11-20(27)24-21(28)12-19(14-30-18(4)26)22(29)23(24)31-24/h5,7,9-12,20-21,23,25,27-28H,6,8,13-14H2,1-4H3. The molecule has 1 aliphatic heterocycles. The molecule has 0 aromatic carbocycles. The van der Waals surface area contributed by atoms with E-state index in [9.17, 15) is 19.8 Å². The third-order valence-corrected chi connectivity index (χ3v) is 5.39. The van der Waals surface area contributed by atoms with Crippen molar-refractivity contribution in [3.05, 3.63) is 58.7 Å². The highest BCUT2D eigenvalue weighted by atomic mass is 16.6. The summed E-state index contributed by atoms with van der Waals surface area (Å²) in [6, 6.07) is 0. The van der Waals surface area contributed by atoms with Gasteiger partial charge in [0.15, 0.2) is 17.5 Å². The molecule has 7 nitrogen and oxygen atoms in total. The molecule has 4 unspecified atom stereocenters. The second kappa shape index (κ2) is 10.8. The van der Waals surface area contributed by atoms with Crippen molar-refractivity contribution in [1.29, 1.82) is 0 Å². The zero-order valence-electron chi connectivity index (χ0n) is 18.5. The molecule has 4 atom stereocenters. The Morgan fingerprint density at radius 3 is 2.65 bits per heavy atom. The number of allylic oxidation sites excluding steroid dienone is 6. The molecule has 1 fully saturated rings. The number of ether oxygens (including phenoxy) is 2. The van der Waals surface area contributed by atoms with Crippen LogP contribution in [0, 0.1) is 0 Å². The lowest BCUT2D eigenvalue weighted by Gasteiger charge is -2.25. The highest BCUT2D eigenvalue weighted by molar-refractivity contribution is 6.03. The monoisotopic (exact) mass is 432 g/mol. The average molecular weight is 433 g/mol. The lowest BCUT2D eigenvalue weighted by atomic mass is 9.82. The summed E-state index contributed by atoms with van der Waals surface area (Å²) in [4.78, 5) is 23.4. The predicted molar refractivity (Wildman–Crippen MR) is 116 cm³/mol. The highest BCUT2D eigenvalue weighted by Gasteiger charge is 2.70. The van der Waals surface area contributed by atoms with Crippen LogP contribution in [0.5, 0.6) is 0 Å². The maximum Gasteiger partial charge on any atom is 0.302 e. The number of hydrogen-bond donors (Lipinski definition) is 3. The first kappa shape index (κ1) is 24.9. The van der Waals surface area contributed by atoms with Gasteiger partial charge >= 0.3 is 5.97 Å². The molecule has 0 aromatic rings. The third-order valence-electron chi connectivity index (χ3n) is 5.39. The zero-order chi connectivity index (χ0) is 23.2. The summed E-state index contributed by atoms with van der Waals surface area (Å²) in [5.74, 6) is -0.917. The van der Waals surface area contributed by atoms with Crippen LogP contribution in [0.3, 0.4) is 0 Å². The lowest BCUT2D eigenvalue weighted by molar-refractivity contribution is -0.140. The lowest BCUT2D eigenvalue weighted by Crippen LogP contribution is -2.46. The van der Waals surface area contributed by atoms with Crippen molar-refractivity contribution in [1.82, 2.24) is 0 Å². The molecule has 3 N–H and O–H groups in total. The summed E-state index contributed by atoms with van der Waals surface area (Å²) in [6.07, 6.45) is 8.93. The smallest absolute Gasteiger partial charge is 0.302 e. The molecule has 0 radical (unpaired) electrons. The Labute approximate surface area is 183 Å². The van der Waals surface area contributed by atoms with Gasteiger partial charge in [0.25, 0.3) is 0 Å². The second-order valence-electron chi connectivity index (χ2n) is 8.11. The van der Waals surface area contributed by atoms with Crippen molar-refractivity contribution in [3.63, 3.8) is 0 Å². The van der Waals surface area contributed by atoms with Crippen LogP contribution in [-0.2, 0) is 19.1 Å². The molecule has 1 heterocycles. The van der Waals surface area contributed by atoms with Crippen molar-refractivity contribution in [2.24, 2.45) is 0 Å². The molecule has 0 amide bonds. The molecule has 1 aliphatic carbocycles. The van der Waals surface area contributed by atoms with E-state index >= 15 is 0 Å². The van der Waals surface area contributed by atoms with Crippen LogP contribution in [0.25, 0.3) is 0 Å². The van der Waals surface area contributed by atoms with Crippen LogP contribution in [-0.4, -0.2) is 64.2 Å². The van der Waals surface area contributed by atoms with E-state index in [2.05, 4.69) is 0 Å². The van der Waals surface area contributed by atoms with Crippen LogP contribution < -0.4 is 0 Å². The van der Waals surface area contributed by atoms with Crippen LogP contribution in [0.15, 0.2) is 58.7 Å². The number of aliphatic hydroxyl groups is 3. The van der Waals surface area contributed by atoms with Gasteiger partial charge in [-0.1, -0.05) is 47.1 Å². The van der Waals surface area contributed by atoms with E-state index in [1.807, 2.05) is 45.1 Å². The molecule has 7 heteroatoms. The van der Waals surface area contributed by atoms with Gasteiger partial charge in [-0.15, -0.1) is 0 Å². The third kappa shape index (κ3) is 6.33. The minimum atomic E-state index is -1.39. The Morgan fingerprint density at radius 1 is 1.29 bits per heavy atom. The molecule has 1 saturated heterocycles. The minimum absolute atomic E-state index is 0.0740. The van der Waals surface area contributed by atoms with Gasteiger partial charge in [-0.2, -0.15) is 0 Å². The van der Waals surface area contributed by atoms with Crippen molar-refractivity contribution >= 4 is 11.8 Å². The largest absolute Gasteiger partial charge is 0.461 e. The Balaban J connectivity index is 1.98. The topological polar surface area (TPSA) is 117 Å². The first-order valence-corrected chi connectivity index (χ1v) is 10.3. The number of ketones is 1. The summed E-state index contributed by atoms with van der Waals surface area (Å²) >= 11 is 0. The summed E-state index contributed by atoms with van der Waals surface area (Å²) in [5, 5.41) is 30.1. The average Bonchev–Trinajstić information content (AvgIpc) is 3.47. The van der Waals surface area contributed by atoms with Gasteiger partial charge < -0.3 is 24.8 Å². The van der Waals surface area contributed by atoms with Crippen molar-refractivity contribution < 1.29 is 34.4 Å². The highest BCUT2D eigenvalue weighted by Crippen LogP contribution is 2.48. The number of aliphatic hydroxyl groups excluding tert-OH is 3. The van der Waals surface area contributed by atoms with Crippen molar-refractivity contribution in [3.8, 4) is 0 Å². The molecule has 170 valence electrons. The Bertz CT molecular complexity index is 846. The molecular formula is C24H32O7. The quantitative estimate of drug-likeness (QED) is 0.209. The number of epoxide rings is 1. The van der Waals surface area contributed by atoms with Crippen molar-refractivity contribution in [2.45, 2.75) is 64.4 Å². The van der Waals surface area contributed by atoms with Crippen LogP contribution in [0.2, 0.25) is 0 Å². The summed E-state index contributed by atoms with van der Waals surface area (Å²) in [5.41, 5.74) is 1.65. The number of rotatable bonds is 10. The van der Waals surface area contributed by atoms with Gasteiger partial charge in [0.1, 0.15) is 18.8 Å². The molecule has 0 saturated carbocycles. The van der Waals surface area contributed by atoms with E-state index in [0.717, 1.165) is 24.0 Å². The van der Waals surface area contributed by atoms with Gasteiger partial charge in [-0.05, 0) is 39.7 Å². The first-order valence-electron chi connectivity index (χ1n) is 10.3.